The Kier molecular flexibility index (Phi) is 5.53. The van der Waals surface area contributed by atoms with E-state index in [9.17, 15) is 4.79 Å². The average Bonchev–Trinajstić information content (AvgIpc) is 3.14. The Balaban J connectivity index is 1.66. The standard InChI is InChI=1S/C17H29N5O2/c1-20(2)9-13-10-22(14-4-6-24-7-5-14)11-15(13)19-17(23)16-8-18-12-21(16)3/h8,12-15H,4-7,9-11H2,1-3H3,(H,19,23)/t13-,15-/m1/s1. The van der Waals surface area contributed by atoms with Gasteiger partial charge in [-0.25, -0.2) is 4.98 Å². The fourth-order valence-corrected chi connectivity index (χ4v) is 3.89. The van der Waals surface area contributed by atoms with Gasteiger partial charge in [-0.1, -0.05) is 0 Å². The number of nitrogens with one attached hydrogen (secondary N) is 1. The summed E-state index contributed by atoms with van der Waals surface area (Å²) < 4.78 is 7.26. The molecular formula is C17H29N5O2. The first-order valence-corrected chi connectivity index (χ1v) is 8.78. The summed E-state index contributed by atoms with van der Waals surface area (Å²) in [4.78, 5) is 21.4. The van der Waals surface area contributed by atoms with Gasteiger partial charge in [-0.05, 0) is 26.9 Å². The van der Waals surface area contributed by atoms with Gasteiger partial charge in [-0.3, -0.25) is 9.69 Å². The molecule has 0 radical (unpaired) electrons. The highest BCUT2D eigenvalue weighted by Crippen LogP contribution is 2.25. The molecular weight excluding hydrogens is 306 g/mol. The van der Waals surface area contributed by atoms with Gasteiger partial charge in [0.2, 0.25) is 0 Å². The van der Waals surface area contributed by atoms with Crippen LogP contribution < -0.4 is 5.32 Å². The Morgan fingerprint density at radius 3 is 2.75 bits per heavy atom. The van der Waals surface area contributed by atoms with Crippen LogP contribution in [-0.2, 0) is 11.8 Å². The monoisotopic (exact) mass is 335 g/mol. The van der Waals surface area contributed by atoms with Crippen LogP contribution in [0.25, 0.3) is 0 Å². The van der Waals surface area contributed by atoms with Crippen LogP contribution in [-0.4, -0.2) is 84.3 Å². The van der Waals surface area contributed by atoms with E-state index in [-0.39, 0.29) is 11.9 Å². The first-order valence-electron chi connectivity index (χ1n) is 8.78. The normalized spacial score (nSPS) is 26.2. The number of carbonyl (C=O) groups is 1. The number of amides is 1. The Hall–Kier alpha value is -1.44. The van der Waals surface area contributed by atoms with Crippen molar-refractivity contribution in [2.75, 3.05) is 46.9 Å². The predicted molar refractivity (Wildman–Crippen MR) is 91.9 cm³/mol. The van der Waals surface area contributed by atoms with Crippen molar-refractivity contribution in [3.05, 3.63) is 18.2 Å². The first kappa shape index (κ1) is 17.4. The number of aryl methyl sites for hydroxylation is 1. The van der Waals surface area contributed by atoms with Gasteiger partial charge in [-0.2, -0.15) is 0 Å². The Labute approximate surface area is 144 Å². The Morgan fingerprint density at radius 1 is 1.38 bits per heavy atom. The number of aromatic nitrogens is 2. The molecule has 0 saturated carbocycles. The molecule has 1 aromatic heterocycles. The topological polar surface area (TPSA) is 62.6 Å². The van der Waals surface area contributed by atoms with Crippen molar-refractivity contribution in [2.45, 2.75) is 24.9 Å². The quantitative estimate of drug-likeness (QED) is 0.832. The van der Waals surface area contributed by atoms with Crippen LogP contribution in [0, 0.1) is 5.92 Å². The van der Waals surface area contributed by atoms with Crippen LogP contribution in [0.4, 0.5) is 0 Å². The second-order valence-corrected chi connectivity index (χ2v) is 7.29. The third kappa shape index (κ3) is 3.96. The van der Waals surface area contributed by atoms with E-state index in [0.717, 1.165) is 45.7 Å². The van der Waals surface area contributed by atoms with Gasteiger partial charge in [0.05, 0.1) is 12.5 Å². The maximum Gasteiger partial charge on any atom is 0.269 e. The van der Waals surface area contributed by atoms with Crippen LogP contribution in [0.15, 0.2) is 12.5 Å². The van der Waals surface area contributed by atoms with Crippen LogP contribution in [0.1, 0.15) is 23.3 Å². The molecule has 3 rings (SSSR count). The molecule has 7 heteroatoms. The smallest absolute Gasteiger partial charge is 0.269 e. The van der Waals surface area contributed by atoms with Gasteiger partial charge in [0.1, 0.15) is 5.69 Å². The SMILES string of the molecule is CN(C)C[C@@H]1CN(C2CCOCC2)C[C@H]1NC(=O)c1cncn1C. The summed E-state index contributed by atoms with van der Waals surface area (Å²) in [6, 6.07) is 0.764. The number of likely N-dealkylation sites (tertiary alicyclic amines) is 1. The second-order valence-electron chi connectivity index (χ2n) is 7.29. The van der Waals surface area contributed by atoms with Crippen molar-refractivity contribution in [3.63, 3.8) is 0 Å². The fourth-order valence-electron chi connectivity index (χ4n) is 3.89. The minimum atomic E-state index is -0.0300. The molecule has 0 unspecified atom stereocenters. The van der Waals surface area contributed by atoms with Gasteiger partial charge in [0.25, 0.3) is 5.91 Å². The highest BCUT2D eigenvalue weighted by atomic mass is 16.5. The minimum Gasteiger partial charge on any atom is -0.381 e. The Bertz CT molecular complexity index is 553. The molecule has 0 aromatic carbocycles. The number of hydrogen-bond donors (Lipinski definition) is 1. The zero-order chi connectivity index (χ0) is 17.1. The molecule has 24 heavy (non-hydrogen) atoms. The maximum absolute atomic E-state index is 12.6. The zero-order valence-corrected chi connectivity index (χ0v) is 14.9. The summed E-state index contributed by atoms with van der Waals surface area (Å²) >= 11 is 0. The number of imidazole rings is 1. The predicted octanol–water partition coefficient (Wildman–Crippen LogP) is 0.191. The van der Waals surface area contributed by atoms with Crippen molar-refractivity contribution in [3.8, 4) is 0 Å². The van der Waals surface area contributed by atoms with Crippen molar-refractivity contribution < 1.29 is 9.53 Å². The molecule has 3 heterocycles. The lowest BCUT2D eigenvalue weighted by Gasteiger charge is -2.31. The molecule has 2 atom stereocenters. The lowest BCUT2D eigenvalue weighted by Crippen LogP contribution is -2.44. The molecule has 1 amide bonds. The molecule has 2 aliphatic heterocycles. The number of ether oxygens (including phenoxy) is 1. The number of carbonyl (C=O) groups excluding carboxylic acids is 1. The summed E-state index contributed by atoms with van der Waals surface area (Å²) in [5, 5.41) is 3.25. The summed E-state index contributed by atoms with van der Waals surface area (Å²) in [6.45, 7) is 4.65. The molecule has 0 aliphatic carbocycles. The van der Waals surface area contributed by atoms with E-state index in [4.69, 9.17) is 4.74 Å². The van der Waals surface area contributed by atoms with Crippen LogP contribution in [0.5, 0.6) is 0 Å². The van der Waals surface area contributed by atoms with Crippen LogP contribution >= 0.6 is 0 Å². The molecule has 2 fully saturated rings. The van der Waals surface area contributed by atoms with Crippen molar-refractivity contribution in [1.29, 1.82) is 0 Å². The number of nitrogens with zero attached hydrogens (tertiary/aromatic N) is 4. The van der Waals surface area contributed by atoms with E-state index in [2.05, 4.69) is 34.2 Å². The fraction of sp³-hybridized carbons (Fsp3) is 0.765. The third-order valence-corrected chi connectivity index (χ3v) is 5.14. The second kappa shape index (κ2) is 7.63. The van der Waals surface area contributed by atoms with Gasteiger partial charge >= 0.3 is 0 Å². The van der Waals surface area contributed by atoms with Crippen molar-refractivity contribution >= 4 is 5.91 Å². The molecule has 1 aromatic rings. The van der Waals surface area contributed by atoms with Crippen LogP contribution in [0.2, 0.25) is 0 Å². The molecule has 2 saturated heterocycles. The minimum absolute atomic E-state index is 0.0300. The number of rotatable bonds is 5. The van der Waals surface area contributed by atoms with Gasteiger partial charge in [-0.15, -0.1) is 0 Å². The summed E-state index contributed by atoms with van der Waals surface area (Å²) in [7, 11) is 6.04. The van der Waals surface area contributed by atoms with E-state index >= 15 is 0 Å². The third-order valence-electron chi connectivity index (χ3n) is 5.14. The van der Waals surface area contributed by atoms with Crippen molar-refractivity contribution in [2.24, 2.45) is 13.0 Å². The molecule has 1 N–H and O–H groups in total. The molecule has 0 spiro atoms. The largest absolute Gasteiger partial charge is 0.381 e. The Morgan fingerprint density at radius 2 is 2.12 bits per heavy atom. The molecule has 0 bridgehead atoms. The van der Waals surface area contributed by atoms with Gasteiger partial charge in [0, 0.05) is 57.9 Å². The van der Waals surface area contributed by atoms with Gasteiger partial charge in [0.15, 0.2) is 0 Å². The summed E-state index contributed by atoms with van der Waals surface area (Å²) in [6.07, 6.45) is 5.48. The lowest BCUT2D eigenvalue weighted by atomic mass is 10.0. The van der Waals surface area contributed by atoms with Crippen LogP contribution in [0.3, 0.4) is 0 Å². The molecule has 2 aliphatic rings. The zero-order valence-electron chi connectivity index (χ0n) is 14.9. The molecule has 134 valence electrons. The highest BCUT2D eigenvalue weighted by molar-refractivity contribution is 5.92. The maximum atomic E-state index is 12.6. The molecule has 7 nitrogen and oxygen atoms in total. The van der Waals surface area contributed by atoms with E-state index < -0.39 is 0 Å². The van der Waals surface area contributed by atoms with Crippen molar-refractivity contribution in [1.82, 2.24) is 24.7 Å². The summed E-state index contributed by atoms with van der Waals surface area (Å²) in [5.74, 6) is 0.414. The first-order chi connectivity index (χ1) is 11.5. The van der Waals surface area contributed by atoms with E-state index in [0.29, 0.717) is 17.7 Å². The average molecular weight is 335 g/mol. The van der Waals surface area contributed by atoms with E-state index in [1.165, 1.54) is 0 Å². The van der Waals surface area contributed by atoms with E-state index in [1.54, 1.807) is 17.1 Å². The van der Waals surface area contributed by atoms with Gasteiger partial charge < -0.3 is 19.5 Å². The lowest BCUT2D eigenvalue weighted by molar-refractivity contribution is 0.0403. The number of hydrogen-bond acceptors (Lipinski definition) is 5. The highest BCUT2D eigenvalue weighted by Gasteiger charge is 2.37. The van der Waals surface area contributed by atoms with E-state index in [1.807, 2.05) is 7.05 Å². The summed E-state index contributed by atoms with van der Waals surface area (Å²) in [5.41, 5.74) is 0.614.